The van der Waals surface area contributed by atoms with Gasteiger partial charge in [-0.3, -0.25) is 0 Å². The van der Waals surface area contributed by atoms with Gasteiger partial charge in [0.25, 0.3) is 0 Å². The van der Waals surface area contributed by atoms with E-state index >= 15 is 0 Å². The highest BCUT2D eigenvalue weighted by Gasteiger charge is 2.40. The lowest BCUT2D eigenvalue weighted by atomic mass is 9.87. The first-order chi connectivity index (χ1) is 9.85. The van der Waals surface area contributed by atoms with Crippen molar-refractivity contribution in [2.45, 2.75) is 44.4 Å². The Morgan fingerprint density at radius 3 is 2.33 bits per heavy atom. The Morgan fingerprint density at radius 1 is 1.24 bits per heavy atom. The van der Waals surface area contributed by atoms with Crippen molar-refractivity contribution >= 4 is 17.7 Å². The number of rotatable bonds is 7. The van der Waals surface area contributed by atoms with Gasteiger partial charge in [-0.1, -0.05) is 51.1 Å². The summed E-state index contributed by atoms with van der Waals surface area (Å²) < 4.78 is 5.51. The zero-order valence-electron chi connectivity index (χ0n) is 13.7. The summed E-state index contributed by atoms with van der Waals surface area (Å²) >= 11 is 1.86. The van der Waals surface area contributed by atoms with Crippen LogP contribution in [0.4, 0.5) is 0 Å². The molecule has 1 rings (SSSR count). The lowest BCUT2D eigenvalue weighted by Gasteiger charge is -2.32. The highest BCUT2D eigenvalue weighted by molar-refractivity contribution is 8.00. The van der Waals surface area contributed by atoms with Gasteiger partial charge in [-0.25, -0.2) is 4.79 Å². The number of benzene rings is 1. The van der Waals surface area contributed by atoms with Crippen molar-refractivity contribution in [2.75, 3.05) is 19.4 Å². The van der Waals surface area contributed by atoms with Crippen LogP contribution in [0.2, 0.25) is 0 Å². The molecule has 0 bridgehead atoms. The molecule has 1 N–H and O–H groups in total. The summed E-state index contributed by atoms with van der Waals surface area (Å²) in [6, 6.07) is 9.83. The standard InChI is InChI=1S/C17H27NO2S/c1-6-20-15(19)17(18-5,12-13-21-16(2,3)4)14-10-8-7-9-11-14/h7-11,18H,6,12-13H2,1-5H3. The molecule has 21 heavy (non-hydrogen) atoms. The van der Waals surface area contributed by atoms with Gasteiger partial charge in [0.05, 0.1) is 6.61 Å². The highest BCUT2D eigenvalue weighted by Crippen LogP contribution is 2.32. The minimum atomic E-state index is -0.768. The molecule has 0 radical (unpaired) electrons. The summed E-state index contributed by atoms with van der Waals surface area (Å²) in [5.41, 5.74) is 0.190. The van der Waals surface area contributed by atoms with Crippen LogP contribution >= 0.6 is 11.8 Å². The van der Waals surface area contributed by atoms with E-state index in [9.17, 15) is 4.79 Å². The van der Waals surface area contributed by atoms with Crippen LogP contribution in [0, 0.1) is 0 Å². The number of carbonyl (C=O) groups is 1. The molecule has 0 saturated carbocycles. The number of hydrogen-bond acceptors (Lipinski definition) is 4. The monoisotopic (exact) mass is 309 g/mol. The van der Waals surface area contributed by atoms with E-state index in [4.69, 9.17) is 4.74 Å². The van der Waals surface area contributed by atoms with E-state index in [1.807, 2.05) is 56.1 Å². The quantitative estimate of drug-likeness (QED) is 0.781. The summed E-state index contributed by atoms with van der Waals surface area (Å²) in [5.74, 6) is 0.686. The molecule has 4 heteroatoms. The Bertz CT molecular complexity index is 442. The summed E-state index contributed by atoms with van der Waals surface area (Å²) in [6.07, 6.45) is 0.703. The summed E-state index contributed by atoms with van der Waals surface area (Å²) in [5, 5.41) is 3.21. The van der Waals surface area contributed by atoms with Crippen LogP contribution in [0.15, 0.2) is 30.3 Å². The molecule has 0 fully saturated rings. The number of likely N-dealkylation sites (N-methyl/N-ethyl adjacent to an activating group) is 1. The minimum absolute atomic E-state index is 0.185. The molecule has 1 atom stereocenters. The van der Waals surface area contributed by atoms with Gasteiger partial charge in [0.1, 0.15) is 5.54 Å². The van der Waals surface area contributed by atoms with E-state index in [1.165, 1.54) is 0 Å². The predicted octanol–water partition coefficient (Wildman–Crippen LogP) is 3.59. The van der Waals surface area contributed by atoms with Gasteiger partial charge >= 0.3 is 5.97 Å². The van der Waals surface area contributed by atoms with Crippen molar-refractivity contribution in [2.24, 2.45) is 0 Å². The number of nitrogens with one attached hydrogen (secondary N) is 1. The number of ether oxygens (including phenoxy) is 1. The van der Waals surface area contributed by atoms with Crippen LogP contribution in [-0.2, 0) is 15.1 Å². The number of hydrogen-bond donors (Lipinski definition) is 1. The SMILES string of the molecule is CCOC(=O)C(CCSC(C)(C)C)(NC)c1ccccc1. The van der Waals surface area contributed by atoms with E-state index < -0.39 is 5.54 Å². The van der Waals surface area contributed by atoms with Gasteiger partial charge in [-0.05, 0) is 31.7 Å². The largest absolute Gasteiger partial charge is 0.464 e. The smallest absolute Gasteiger partial charge is 0.331 e. The predicted molar refractivity (Wildman–Crippen MR) is 90.6 cm³/mol. The van der Waals surface area contributed by atoms with E-state index in [1.54, 1.807) is 0 Å². The van der Waals surface area contributed by atoms with Crippen molar-refractivity contribution in [3.8, 4) is 0 Å². The Morgan fingerprint density at radius 2 is 1.86 bits per heavy atom. The maximum Gasteiger partial charge on any atom is 0.331 e. The molecule has 1 unspecified atom stereocenters. The van der Waals surface area contributed by atoms with E-state index in [0.29, 0.717) is 13.0 Å². The maximum absolute atomic E-state index is 12.6. The Hall–Kier alpha value is -1.00. The Balaban J connectivity index is 3.00. The summed E-state index contributed by atoms with van der Waals surface area (Å²) in [7, 11) is 1.83. The van der Waals surface area contributed by atoms with Crippen LogP contribution in [0.25, 0.3) is 0 Å². The first-order valence-corrected chi connectivity index (χ1v) is 8.40. The fraction of sp³-hybridized carbons (Fsp3) is 0.588. The second-order valence-corrected chi connectivity index (χ2v) is 7.87. The van der Waals surface area contributed by atoms with Gasteiger partial charge in [-0.15, -0.1) is 0 Å². The lowest BCUT2D eigenvalue weighted by molar-refractivity contribution is -0.151. The maximum atomic E-state index is 12.6. The molecule has 118 valence electrons. The Labute approximate surface area is 132 Å². The molecule has 0 saturated heterocycles. The fourth-order valence-corrected chi connectivity index (χ4v) is 3.24. The summed E-state index contributed by atoms with van der Waals surface area (Å²) in [6.45, 7) is 8.79. The van der Waals surface area contributed by atoms with Crippen LogP contribution in [-0.4, -0.2) is 30.1 Å². The number of thioether (sulfide) groups is 1. The molecule has 0 heterocycles. The summed E-state index contributed by atoms with van der Waals surface area (Å²) in [4.78, 5) is 12.6. The molecule has 1 aromatic carbocycles. The van der Waals surface area contributed by atoms with E-state index in [2.05, 4.69) is 26.1 Å². The second kappa shape index (κ2) is 7.85. The Kier molecular flexibility index (Phi) is 6.75. The zero-order valence-corrected chi connectivity index (χ0v) is 14.5. The van der Waals surface area contributed by atoms with Crippen LogP contribution in [0.5, 0.6) is 0 Å². The average molecular weight is 309 g/mol. The molecule has 0 aliphatic heterocycles. The fourth-order valence-electron chi connectivity index (χ4n) is 2.22. The third-order valence-corrected chi connectivity index (χ3v) is 4.60. The van der Waals surface area contributed by atoms with E-state index in [-0.39, 0.29) is 10.7 Å². The molecule has 0 aliphatic rings. The number of carbonyl (C=O) groups excluding carboxylic acids is 1. The first kappa shape index (κ1) is 18.1. The topological polar surface area (TPSA) is 38.3 Å². The van der Waals surface area contributed by atoms with Crippen molar-refractivity contribution in [1.82, 2.24) is 5.32 Å². The molecule has 0 aliphatic carbocycles. The molecule has 0 aromatic heterocycles. The number of esters is 1. The van der Waals surface area contributed by atoms with Crippen molar-refractivity contribution in [3.63, 3.8) is 0 Å². The molecular formula is C17H27NO2S. The third-order valence-electron chi connectivity index (χ3n) is 3.33. The second-order valence-electron chi connectivity index (χ2n) is 5.95. The van der Waals surface area contributed by atoms with Gasteiger partial charge in [0.15, 0.2) is 0 Å². The van der Waals surface area contributed by atoms with E-state index in [0.717, 1.165) is 11.3 Å². The van der Waals surface area contributed by atoms with Crippen molar-refractivity contribution in [3.05, 3.63) is 35.9 Å². The molecular weight excluding hydrogens is 282 g/mol. The van der Waals surface area contributed by atoms with Gasteiger partial charge < -0.3 is 10.1 Å². The van der Waals surface area contributed by atoms with Crippen molar-refractivity contribution < 1.29 is 9.53 Å². The third kappa shape index (κ3) is 5.04. The lowest BCUT2D eigenvalue weighted by Crippen LogP contribution is -2.49. The van der Waals surface area contributed by atoms with Gasteiger partial charge in [-0.2, -0.15) is 11.8 Å². The van der Waals surface area contributed by atoms with Crippen molar-refractivity contribution in [1.29, 1.82) is 0 Å². The molecule has 1 aromatic rings. The molecule has 3 nitrogen and oxygen atoms in total. The average Bonchev–Trinajstić information content (AvgIpc) is 2.44. The van der Waals surface area contributed by atoms with Crippen LogP contribution in [0.3, 0.4) is 0 Å². The molecule has 0 amide bonds. The van der Waals surface area contributed by atoms with Crippen LogP contribution in [0.1, 0.15) is 39.7 Å². The zero-order chi connectivity index (χ0) is 15.9. The molecule has 0 spiro atoms. The van der Waals surface area contributed by atoms with Gasteiger partial charge in [0, 0.05) is 4.75 Å². The first-order valence-electron chi connectivity index (χ1n) is 7.41. The highest BCUT2D eigenvalue weighted by atomic mass is 32.2. The normalized spacial score (nSPS) is 14.5. The van der Waals surface area contributed by atoms with Crippen LogP contribution < -0.4 is 5.32 Å². The minimum Gasteiger partial charge on any atom is -0.464 e. The van der Waals surface area contributed by atoms with Gasteiger partial charge in [0.2, 0.25) is 0 Å².